The van der Waals surface area contributed by atoms with E-state index in [0.717, 1.165) is 67.7 Å². The second-order valence-electron chi connectivity index (χ2n) is 11.2. The quantitative estimate of drug-likeness (QED) is 0.407. The number of piperazine rings is 1. The van der Waals surface area contributed by atoms with Gasteiger partial charge >= 0.3 is 0 Å². The molecule has 2 aromatic heterocycles. The maximum atomic E-state index is 13.7. The highest BCUT2D eigenvalue weighted by Gasteiger charge is 2.34. The smallest absolute Gasteiger partial charge is 0.253 e. The molecule has 2 aromatic carbocycles. The van der Waals surface area contributed by atoms with Crippen molar-refractivity contribution in [1.29, 1.82) is 0 Å². The molecule has 1 N–H and O–H groups in total. The number of H-pyrrole nitrogens is 1. The number of hydrogen-bond donors (Lipinski definition) is 1. The van der Waals surface area contributed by atoms with Gasteiger partial charge in [0.15, 0.2) is 5.82 Å². The molecule has 4 aromatic rings. The van der Waals surface area contributed by atoms with Crippen molar-refractivity contribution in [3.05, 3.63) is 80.4 Å². The minimum absolute atomic E-state index is 0.0918. The summed E-state index contributed by atoms with van der Waals surface area (Å²) in [6.07, 6.45) is 2.14. The van der Waals surface area contributed by atoms with E-state index in [9.17, 15) is 4.79 Å². The Balaban J connectivity index is 1.38. The van der Waals surface area contributed by atoms with Gasteiger partial charge in [-0.05, 0) is 91.4 Å². The zero-order chi connectivity index (χ0) is 27.1. The Labute approximate surface area is 228 Å². The summed E-state index contributed by atoms with van der Waals surface area (Å²) in [6, 6.07) is 12.5. The molecule has 0 radical (unpaired) electrons. The molecule has 6 rings (SSSR count). The standard InChI is InChI=1S/C30H37N7O2/c1-19-7-8-21(3)27(16-19)35-9-11-36(12-10-35)28(29-32-33-34-37(29)18-23-6-5-13-39-23)25-17-24-22(4)14-20(2)15-26(24)31-30(25)38/h7-8,14-17,23,28H,5-6,9-13,18H2,1-4H3,(H,31,38)/t23-,28+/m0/s1. The van der Waals surface area contributed by atoms with E-state index in [1.54, 1.807) is 0 Å². The van der Waals surface area contributed by atoms with Gasteiger partial charge in [-0.25, -0.2) is 4.68 Å². The monoisotopic (exact) mass is 527 g/mol. The van der Waals surface area contributed by atoms with Crippen molar-refractivity contribution in [3.63, 3.8) is 0 Å². The van der Waals surface area contributed by atoms with Gasteiger partial charge in [-0.2, -0.15) is 0 Å². The Hall–Kier alpha value is -3.56. The number of ether oxygens (including phenoxy) is 1. The zero-order valence-corrected chi connectivity index (χ0v) is 23.3. The molecule has 2 fully saturated rings. The van der Waals surface area contributed by atoms with E-state index in [0.29, 0.717) is 17.9 Å². The predicted octanol–water partition coefficient (Wildman–Crippen LogP) is 3.84. The first-order chi connectivity index (χ1) is 18.9. The molecule has 0 saturated carbocycles. The highest BCUT2D eigenvalue weighted by Crippen LogP contribution is 2.31. The summed E-state index contributed by atoms with van der Waals surface area (Å²) in [4.78, 5) is 21.6. The zero-order valence-electron chi connectivity index (χ0n) is 23.3. The molecule has 2 aliphatic rings. The minimum atomic E-state index is -0.365. The van der Waals surface area contributed by atoms with Crippen LogP contribution < -0.4 is 10.5 Å². The number of tetrazole rings is 1. The van der Waals surface area contributed by atoms with E-state index >= 15 is 0 Å². The van der Waals surface area contributed by atoms with Crippen molar-refractivity contribution in [2.75, 3.05) is 37.7 Å². The molecule has 0 bridgehead atoms. The van der Waals surface area contributed by atoms with Crippen molar-refractivity contribution in [2.45, 2.75) is 59.2 Å². The summed E-state index contributed by atoms with van der Waals surface area (Å²) in [5, 5.41) is 14.0. The van der Waals surface area contributed by atoms with E-state index in [-0.39, 0.29) is 17.7 Å². The largest absolute Gasteiger partial charge is 0.376 e. The fourth-order valence-electron chi connectivity index (χ4n) is 6.19. The van der Waals surface area contributed by atoms with Crippen LogP contribution in [0.5, 0.6) is 0 Å². The van der Waals surface area contributed by atoms with Crippen LogP contribution in [0.25, 0.3) is 10.9 Å². The number of anilines is 1. The fourth-order valence-corrected chi connectivity index (χ4v) is 6.19. The summed E-state index contributed by atoms with van der Waals surface area (Å²) in [5.74, 6) is 0.695. The normalized spacial score (nSPS) is 19.2. The van der Waals surface area contributed by atoms with Crippen molar-refractivity contribution in [1.82, 2.24) is 30.1 Å². The van der Waals surface area contributed by atoms with Crippen LogP contribution in [0, 0.1) is 27.7 Å². The van der Waals surface area contributed by atoms with Gasteiger partial charge in [-0.15, -0.1) is 5.10 Å². The van der Waals surface area contributed by atoms with Crippen molar-refractivity contribution >= 4 is 16.6 Å². The van der Waals surface area contributed by atoms with Gasteiger partial charge in [-0.1, -0.05) is 18.2 Å². The molecule has 9 heteroatoms. The van der Waals surface area contributed by atoms with Gasteiger partial charge < -0.3 is 14.6 Å². The van der Waals surface area contributed by atoms with Gasteiger partial charge in [-0.3, -0.25) is 9.69 Å². The molecule has 2 atom stereocenters. The summed E-state index contributed by atoms with van der Waals surface area (Å²) < 4.78 is 7.75. The maximum absolute atomic E-state index is 13.7. The number of nitrogens with one attached hydrogen (secondary N) is 1. The Kier molecular flexibility index (Phi) is 6.95. The Bertz CT molecular complexity index is 1540. The van der Waals surface area contributed by atoms with E-state index in [1.165, 1.54) is 16.8 Å². The van der Waals surface area contributed by atoms with Crippen LogP contribution in [0.15, 0.2) is 41.2 Å². The summed E-state index contributed by atoms with van der Waals surface area (Å²) >= 11 is 0. The number of aryl methyl sites for hydroxylation is 4. The van der Waals surface area contributed by atoms with Crippen LogP contribution in [0.1, 0.15) is 52.5 Å². The second kappa shape index (κ2) is 10.5. The summed E-state index contributed by atoms with van der Waals surface area (Å²) in [6.45, 7) is 13.1. The number of rotatable bonds is 6. The molecule has 39 heavy (non-hydrogen) atoms. The number of aromatic nitrogens is 5. The van der Waals surface area contributed by atoms with Crippen LogP contribution in [0.2, 0.25) is 0 Å². The van der Waals surface area contributed by atoms with Gasteiger partial charge in [0.1, 0.15) is 6.04 Å². The lowest BCUT2D eigenvalue weighted by molar-refractivity contribution is 0.0906. The van der Waals surface area contributed by atoms with Gasteiger partial charge in [0.2, 0.25) is 0 Å². The number of pyridine rings is 1. The highest BCUT2D eigenvalue weighted by atomic mass is 16.5. The second-order valence-corrected chi connectivity index (χ2v) is 11.2. The van der Waals surface area contributed by atoms with Crippen molar-refractivity contribution < 1.29 is 4.74 Å². The molecule has 4 heterocycles. The fraction of sp³-hybridized carbons (Fsp3) is 0.467. The maximum Gasteiger partial charge on any atom is 0.253 e. The third-order valence-corrected chi connectivity index (χ3v) is 8.23. The van der Waals surface area contributed by atoms with Gasteiger partial charge in [0, 0.05) is 54.9 Å². The van der Waals surface area contributed by atoms with E-state index in [2.05, 4.69) is 88.3 Å². The van der Waals surface area contributed by atoms with E-state index in [1.807, 2.05) is 10.7 Å². The molecular weight excluding hydrogens is 490 g/mol. The first kappa shape index (κ1) is 25.7. The van der Waals surface area contributed by atoms with Crippen molar-refractivity contribution in [3.8, 4) is 0 Å². The molecule has 2 saturated heterocycles. The van der Waals surface area contributed by atoms with Gasteiger partial charge in [0.05, 0.1) is 12.6 Å². The third-order valence-electron chi connectivity index (χ3n) is 8.23. The lowest BCUT2D eigenvalue weighted by Gasteiger charge is -2.40. The molecule has 0 unspecified atom stereocenters. The van der Waals surface area contributed by atoms with Crippen molar-refractivity contribution in [2.24, 2.45) is 0 Å². The van der Waals surface area contributed by atoms with Crippen LogP contribution in [-0.4, -0.2) is 69.0 Å². The van der Waals surface area contributed by atoms with Crippen LogP contribution in [0.4, 0.5) is 5.69 Å². The van der Waals surface area contributed by atoms with E-state index < -0.39 is 0 Å². The first-order valence-corrected chi connectivity index (χ1v) is 14.0. The lowest BCUT2D eigenvalue weighted by atomic mass is 9.99. The molecule has 0 spiro atoms. The summed E-state index contributed by atoms with van der Waals surface area (Å²) in [7, 11) is 0. The number of aromatic amines is 1. The average Bonchev–Trinajstić information content (AvgIpc) is 3.59. The molecule has 0 aliphatic carbocycles. The SMILES string of the molecule is Cc1ccc(C)c(N2CCN([C@H](c3cc4c(C)cc(C)cc4[nH]c3=O)c3nnnn3C[C@@H]3CCCO3)CC2)c1. The number of benzene rings is 2. The number of hydrogen-bond acceptors (Lipinski definition) is 7. The molecule has 9 nitrogen and oxygen atoms in total. The third kappa shape index (κ3) is 5.08. The first-order valence-electron chi connectivity index (χ1n) is 14.0. The minimum Gasteiger partial charge on any atom is -0.376 e. The van der Waals surface area contributed by atoms with Gasteiger partial charge in [0.25, 0.3) is 5.56 Å². The predicted molar refractivity (Wildman–Crippen MR) is 152 cm³/mol. The average molecular weight is 528 g/mol. The molecule has 2 aliphatic heterocycles. The Morgan fingerprint density at radius 1 is 1.00 bits per heavy atom. The van der Waals surface area contributed by atoms with E-state index in [4.69, 9.17) is 4.74 Å². The molecule has 204 valence electrons. The molecule has 0 amide bonds. The lowest BCUT2D eigenvalue weighted by Crippen LogP contribution is -2.49. The van der Waals surface area contributed by atoms with Crippen LogP contribution in [0.3, 0.4) is 0 Å². The topological polar surface area (TPSA) is 92.2 Å². The number of nitrogens with zero attached hydrogens (tertiary/aromatic N) is 6. The van der Waals surface area contributed by atoms with Crippen LogP contribution in [-0.2, 0) is 11.3 Å². The Morgan fingerprint density at radius 2 is 1.82 bits per heavy atom. The summed E-state index contributed by atoms with van der Waals surface area (Å²) in [5.41, 5.74) is 7.53. The Morgan fingerprint density at radius 3 is 2.59 bits per heavy atom. The highest BCUT2D eigenvalue weighted by molar-refractivity contribution is 5.83. The molecular formula is C30H37N7O2. The number of fused-ring (bicyclic) bond motifs is 1. The van der Waals surface area contributed by atoms with Crippen LogP contribution >= 0.6 is 0 Å².